The summed E-state index contributed by atoms with van der Waals surface area (Å²) in [7, 11) is 1.75. The molecule has 2 aromatic heterocycles. The van der Waals surface area contributed by atoms with Gasteiger partial charge in [0, 0.05) is 22.4 Å². The summed E-state index contributed by atoms with van der Waals surface area (Å²) in [4.78, 5) is 14.9. The van der Waals surface area contributed by atoms with Crippen molar-refractivity contribution in [2.45, 2.75) is 25.7 Å². The largest absolute Gasteiger partial charge is 0.316 e. The Balaban J connectivity index is 1.63. The molecule has 1 aliphatic rings. The Hall–Kier alpha value is -2.54. The summed E-state index contributed by atoms with van der Waals surface area (Å²) < 4.78 is 29.1. The fourth-order valence-corrected chi connectivity index (χ4v) is 4.16. The Morgan fingerprint density at radius 3 is 2.62 bits per heavy atom. The molecule has 1 aliphatic carbocycles. The smallest absolute Gasteiger partial charge is 0.276 e. The lowest BCUT2D eigenvalue weighted by Crippen LogP contribution is -2.15. The quantitative estimate of drug-likeness (QED) is 0.710. The number of benzene rings is 1. The average Bonchev–Trinajstić information content (AvgIpc) is 3.27. The van der Waals surface area contributed by atoms with Gasteiger partial charge in [-0.1, -0.05) is 6.07 Å². The first-order valence-corrected chi connectivity index (χ1v) is 9.16. The van der Waals surface area contributed by atoms with Gasteiger partial charge in [0.25, 0.3) is 5.91 Å². The number of halogens is 2. The van der Waals surface area contributed by atoms with Gasteiger partial charge >= 0.3 is 0 Å². The number of aryl methyl sites for hydroxylation is 2. The van der Waals surface area contributed by atoms with Gasteiger partial charge in [-0.2, -0.15) is 5.10 Å². The number of thiophene rings is 1. The molecule has 1 saturated carbocycles. The lowest BCUT2D eigenvalue weighted by atomic mass is 10.1. The van der Waals surface area contributed by atoms with Crippen molar-refractivity contribution >= 4 is 22.9 Å². The maximum absolute atomic E-state index is 13.7. The maximum Gasteiger partial charge on any atom is 0.276 e. The number of aromatic nitrogens is 2. The molecule has 26 heavy (non-hydrogen) atoms. The predicted octanol–water partition coefficient (Wildman–Crippen LogP) is 4.86. The van der Waals surface area contributed by atoms with Crippen LogP contribution < -0.4 is 5.32 Å². The molecule has 1 aromatic carbocycles. The average molecular weight is 373 g/mol. The Morgan fingerprint density at radius 2 is 1.96 bits per heavy atom. The molecule has 2 heterocycles. The molecule has 134 valence electrons. The molecule has 7 heteroatoms. The second kappa shape index (κ2) is 6.32. The number of hydrogen-bond donors (Lipinski definition) is 1. The predicted molar refractivity (Wildman–Crippen MR) is 97.5 cm³/mol. The molecular formula is C19H17F2N3OS. The summed E-state index contributed by atoms with van der Waals surface area (Å²) in [5, 5.41) is 6.49. The molecular weight excluding hydrogens is 356 g/mol. The maximum atomic E-state index is 13.7. The van der Waals surface area contributed by atoms with E-state index in [-0.39, 0.29) is 5.69 Å². The van der Waals surface area contributed by atoms with Crippen molar-refractivity contribution in [3.63, 3.8) is 0 Å². The molecule has 0 bridgehead atoms. The summed E-state index contributed by atoms with van der Waals surface area (Å²) in [6, 6.07) is 7.25. The highest BCUT2D eigenvalue weighted by atomic mass is 32.1. The van der Waals surface area contributed by atoms with Gasteiger partial charge in [0.15, 0.2) is 5.69 Å². The van der Waals surface area contributed by atoms with E-state index in [1.54, 1.807) is 29.1 Å². The van der Waals surface area contributed by atoms with Crippen molar-refractivity contribution in [1.82, 2.24) is 9.78 Å². The van der Waals surface area contributed by atoms with Crippen molar-refractivity contribution in [3.05, 3.63) is 57.4 Å². The molecule has 0 radical (unpaired) electrons. The van der Waals surface area contributed by atoms with Crippen molar-refractivity contribution < 1.29 is 13.6 Å². The van der Waals surface area contributed by atoms with Gasteiger partial charge in [0.05, 0.1) is 5.69 Å². The van der Waals surface area contributed by atoms with Gasteiger partial charge in [-0.25, -0.2) is 8.78 Å². The van der Waals surface area contributed by atoms with Gasteiger partial charge in [-0.3, -0.25) is 9.48 Å². The highest BCUT2D eigenvalue weighted by Crippen LogP contribution is 2.46. The van der Waals surface area contributed by atoms with Gasteiger partial charge in [0.2, 0.25) is 0 Å². The second-order valence-electron chi connectivity index (χ2n) is 6.48. The van der Waals surface area contributed by atoms with Crippen molar-refractivity contribution in [2.75, 3.05) is 5.32 Å². The monoisotopic (exact) mass is 373 g/mol. The van der Waals surface area contributed by atoms with Crippen molar-refractivity contribution in [3.8, 4) is 11.3 Å². The first kappa shape index (κ1) is 16.9. The van der Waals surface area contributed by atoms with Crippen LogP contribution in [0.2, 0.25) is 0 Å². The normalized spacial score (nSPS) is 13.8. The summed E-state index contributed by atoms with van der Waals surface area (Å²) in [5.41, 5.74) is 1.50. The molecule has 4 rings (SSSR count). The zero-order valence-electron chi connectivity index (χ0n) is 14.3. The SMILES string of the molecule is Cc1sc(C2CC2)cc1-c1cc(C(=O)Nc2c(F)cccc2F)nn1C. The van der Waals surface area contributed by atoms with Gasteiger partial charge in [0.1, 0.15) is 17.3 Å². The Morgan fingerprint density at radius 1 is 1.27 bits per heavy atom. The summed E-state index contributed by atoms with van der Waals surface area (Å²) in [6.45, 7) is 2.05. The van der Waals surface area contributed by atoms with Crippen LogP contribution in [0.4, 0.5) is 14.5 Å². The van der Waals surface area contributed by atoms with Crippen molar-refractivity contribution in [1.29, 1.82) is 0 Å². The second-order valence-corrected chi connectivity index (χ2v) is 7.77. The van der Waals surface area contributed by atoms with Crippen LogP contribution in [0.3, 0.4) is 0 Å². The van der Waals surface area contributed by atoms with Gasteiger partial charge < -0.3 is 5.32 Å². The van der Waals surface area contributed by atoms with Crippen LogP contribution in [-0.4, -0.2) is 15.7 Å². The Bertz CT molecular complexity index is 984. The number of carbonyl (C=O) groups excluding carboxylic acids is 1. The summed E-state index contributed by atoms with van der Waals surface area (Å²) >= 11 is 1.77. The van der Waals surface area contributed by atoms with E-state index >= 15 is 0 Å². The lowest BCUT2D eigenvalue weighted by Gasteiger charge is -2.05. The molecule has 0 unspecified atom stereocenters. The third-order valence-electron chi connectivity index (χ3n) is 4.51. The number of anilines is 1. The number of rotatable bonds is 4. The minimum Gasteiger partial charge on any atom is -0.316 e. The van der Waals surface area contributed by atoms with E-state index in [1.807, 2.05) is 6.92 Å². The fourth-order valence-electron chi connectivity index (χ4n) is 2.95. The van der Waals surface area contributed by atoms with E-state index < -0.39 is 23.2 Å². The Labute approximate surface area is 153 Å². The number of para-hydroxylation sites is 1. The van der Waals surface area contributed by atoms with E-state index in [0.29, 0.717) is 5.92 Å². The van der Waals surface area contributed by atoms with E-state index in [9.17, 15) is 13.6 Å². The van der Waals surface area contributed by atoms with Crippen LogP contribution >= 0.6 is 11.3 Å². The standard InChI is InChI=1S/C19H17F2N3OS/c1-10-12(8-17(26-10)11-6-7-11)16-9-15(23-24(16)2)19(25)22-18-13(20)4-3-5-14(18)21/h3-5,8-9,11H,6-7H2,1-2H3,(H,22,25). The molecule has 3 aromatic rings. The van der Waals surface area contributed by atoms with Crippen LogP contribution in [0.1, 0.15) is 39.0 Å². The number of carbonyl (C=O) groups is 1. The zero-order chi connectivity index (χ0) is 18.4. The minimum absolute atomic E-state index is 0.115. The molecule has 0 aliphatic heterocycles. The van der Waals surface area contributed by atoms with Crippen LogP contribution in [0, 0.1) is 18.6 Å². The Kier molecular flexibility index (Phi) is 4.11. The molecule has 4 nitrogen and oxygen atoms in total. The molecule has 0 saturated heterocycles. The van der Waals surface area contributed by atoms with Crippen LogP contribution in [0.15, 0.2) is 30.3 Å². The highest BCUT2D eigenvalue weighted by molar-refractivity contribution is 7.12. The summed E-state index contributed by atoms with van der Waals surface area (Å²) in [5.74, 6) is -1.63. The first-order valence-electron chi connectivity index (χ1n) is 8.34. The fraction of sp³-hybridized carbons (Fsp3) is 0.263. The molecule has 1 amide bonds. The van der Waals surface area contributed by atoms with Crippen molar-refractivity contribution in [2.24, 2.45) is 7.05 Å². The number of nitrogens with zero attached hydrogens (tertiary/aromatic N) is 2. The van der Waals surface area contributed by atoms with Gasteiger partial charge in [-0.15, -0.1) is 11.3 Å². The van der Waals surface area contributed by atoms with Gasteiger partial charge in [-0.05, 0) is 49.9 Å². The van der Waals surface area contributed by atoms with Crippen LogP contribution in [-0.2, 0) is 7.05 Å². The molecule has 1 fully saturated rings. The van der Waals surface area contributed by atoms with E-state index in [4.69, 9.17) is 0 Å². The van der Waals surface area contributed by atoms with E-state index in [1.165, 1.54) is 28.7 Å². The minimum atomic E-state index is -0.822. The van der Waals surface area contributed by atoms with E-state index in [2.05, 4.69) is 16.5 Å². The number of amides is 1. The zero-order valence-corrected chi connectivity index (χ0v) is 15.2. The summed E-state index contributed by atoms with van der Waals surface area (Å²) in [6.07, 6.45) is 2.46. The molecule has 0 atom stereocenters. The highest BCUT2D eigenvalue weighted by Gasteiger charge is 2.27. The third-order valence-corrected chi connectivity index (χ3v) is 5.72. The number of nitrogens with one attached hydrogen (secondary N) is 1. The molecule has 1 N–H and O–H groups in total. The van der Waals surface area contributed by atoms with Crippen LogP contribution in [0.5, 0.6) is 0 Å². The van der Waals surface area contributed by atoms with Crippen LogP contribution in [0.25, 0.3) is 11.3 Å². The van der Waals surface area contributed by atoms with E-state index in [0.717, 1.165) is 23.4 Å². The lowest BCUT2D eigenvalue weighted by molar-refractivity contribution is 0.102. The molecule has 0 spiro atoms. The third kappa shape index (κ3) is 3.03. The first-order chi connectivity index (χ1) is 12.4. The number of hydrogen-bond acceptors (Lipinski definition) is 3. The topological polar surface area (TPSA) is 46.9 Å².